The minimum Gasteiger partial charge on any atom is -0.466 e. The number of rotatable bonds is 12. The smallest absolute Gasteiger partial charge is 0.309 e. The standard InChI is InChI=1S/C16H30O4/c1-4-7-8-9-10-12-15(17)20-14(11-5-2)13-16(18)19-6-3/h14H,4-13H2,1-3H3/t14-/m0/s1. The fourth-order valence-electron chi connectivity index (χ4n) is 2.05. The van der Waals surface area contributed by atoms with Crippen LogP contribution >= 0.6 is 0 Å². The molecule has 0 aromatic rings. The van der Waals surface area contributed by atoms with E-state index in [9.17, 15) is 9.59 Å². The maximum absolute atomic E-state index is 11.7. The van der Waals surface area contributed by atoms with Gasteiger partial charge in [-0.2, -0.15) is 0 Å². The van der Waals surface area contributed by atoms with Gasteiger partial charge in [0.2, 0.25) is 0 Å². The summed E-state index contributed by atoms with van der Waals surface area (Å²) in [4.78, 5) is 23.2. The van der Waals surface area contributed by atoms with Crippen LogP contribution in [-0.2, 0) is 19.1 Å². The normalized spacial score (nSPS) is 11.9. The second-order valence-electron chi connectivity index (χ2n) is 5.07. The highest BCUT2D eigenvalue weighted by atomic mass is 16.6. The highest BCUT2D eigenvalue weighted by Crippen LogP contribution is 2.12. The minimum absolute atomic E-state index is 0.170. The summed E-state index contributed by atoms with van der Waals surface area (Å²) in [5.41, 5.74) is 0. The fourth-order valence-corrected chi connectivity index (χ4v) is 2.05. The lowest BCUT2D eigenvalue weighted by molar-refractivity contribution is -0.155. The third-order valence-electron chi connectivity index (χ3n) is 3.09. The van der Waals surface area contributed by atoms with Crippen molar-refractivity contribution in [1.82, 2.24) is 0 Å². The Hall–Kier alpha value is -1.06. The van der Waals surface area contributed by atoms with E-state index in [1.54, 1.807) is 6.92 Å². The molecule has 0 amide bonds. The van der Waals surface area contributed by atoms with Gasteiger partial charge in [-0.3, -0.25) is 9.59 Å². The molecule has 0 unspecified atom stereocenters. The number of ether oxygens (including phenoxy) is 2. The van der Waals surface area contributed by atoms with Gasteiger partial charge in [0.15, 0.2) is 0 Å². The largest absolute Gasteiger partial charge is 0.466 e. The summed E-state index contributed by atoms with van der Waals surface area (Å²) in [6.07, 6.45) is 7.41. The van der Waals surface area contributed by atoms with Crippen LogP contribution in [0.2, 0.25) is 0 Å². The molecular formula is C16H30O4. The molecule has 0 aliphatic rings. The van der Waals surface area contributed by atoms with E-state index in [0.717, 1.165) is 19.3 Å². The Labute approximate surface area is 123 Å². The number of esters is 2. The molecule has 0 saturated carbocycles. The SMILES string of the molecule is CCCCCCCC(=O)O[C@@H](CCC)CC(=O)OCC. The van der Waals surface area contributed by atoms with Gasteiger partial charge in [-0.1, -0.05) is 46.0 Å². The predicted molar refractivity (Wildman–Crippen MR) is 79.4 cm³/mol. The minimum atomic E-state index is -0.331. The van der Waals surface area contributed by atoms with Gasteiger partial charge in [-0.25, -0.2) is 0 Å². The van der Waals surface area contributed by atoms with Crippen molar-refractivity contribution in [3.05, 3.63) is 0 Å². The van der Waals surface area contributed by atoms with Crippen LogP contribution in [0.25, 0.3) is 0 Å². The summed E-state index contributed by atoms with van der Waals surface area (Å²) in [6, 6.07) is 0. The summed E-state index contributed by atoms with van der Waals surface area (Å²) >= 11 is 0. The Kier molecular flexibility index (Phi) is 12.3. The van der Waals surface area contributed by atoms with Crippen LogP contribution in [0, 0.1) is 0 Å². The van der Waals surface area contributed by atoms with Crippen molar-refractivity contribution in [2.45, 2.75) is 84.7 Å². The molecule has 0 heterocycles. The number of carbonyl (C=O) groups excluding carboxylic acids is 2. The van der Waals surface area contributed by atoms with E-state index in [0.29, 0.717) is 19.4 Å². The molecule has 118 valence electrons. The number of hydrogen-bond acceptors (Lipinski definition) is 4. The lowest BCUT2D eigenvalue weighted by Gasteiger charge is -2.16. The van der Waals surface area contributed by atoms with Crippen molar-refractivity contribution >= 4 is 11.9 Å². The molecule has 1 atom stereocenters. The molecule has 0 aromatic heterocycles. The second kappa shape index (κ2) is 12.9. The second-order valence-corrected chi connectivity index (χ2v) is 5.07. The van der Waals surface area contributed by atoms with Crippen LogP contribution in [0.5, 0.6) is 0 Å². The monoisotopic (exact) mass is 286 g/mol. The van der Waals surface area contributed by atoms with E-state index >= 15 is 0 Å². The molecule has 0 radical (unpaired) electrons. The molecule has 0 rings (SSSR count). The van der Waals surface area contributed by atoms with Gasteiger partial charge in [0, 0.05) is 6.42 Å². The highest BCUT2D eigenvalue weighted by Gasteiger charge is 2.18. The lowest BCUT2D eigenvalue weighted by atomic mass is 10.1. The van der Waals surface area contributed by atoms with Crippen LogP contribution < -0.4 is 0 Å². The lowest BCUT2D eigenvalue weighted by Crippen LogP contribution is -2.22. The van der Waals surface area contributed by atoms with Crippen LogP contribution in [0.3, 0.4) is 0 Å². The van der Waals surface area contributed by atoms with Gasteiger partial charge in [-0.05, 0) is 19.8 Å². The average molecular weight is 286 g/mol. The summed E-state index contributed by atoms with van der Waals surface area (Å²) in [5, 5.41) is 0. The molecule has 4 nitrogen and oxygen atoms in total. The topological polar surface area (TPSA) is 52.6 Å². The summed E-state index contributed by atoms with van der Waals surface area (Å²) in [6.45, 7) is 6.31. The van der Waals surface area contributed by atoms with Gasteiger partial charge in [-0.15, -0.1) is 0 Å². The van der Waals surface area contributed by atoms with Crippen molar-refractivity contribution in [2.24, 2.45) is 0 Å². The summed E-state index contributed by atoms with van der Waals surface area (Å²) in [5.74, 6) is -0.481. The molecule has 0 spiro atoms. The molecule has 4 heteroatoms. The van der Waals surface area contributed by atoms with E-state index in [1.807, 2.05) is 6.92 Å². The van der Waals surface area contributed by atoms with Crippen molar-refractivity contribution < 1.29 is 19.1 Å². The molecular weight excluding hydrogens is 256 g/mol. The molecule has 0 saturated heterocycles. The van der Waals surface area contributed by atoms with E-state index in [4.69, 9.17) is 9.47 Å². The van der Waals surface area contributed by atoms with Crippen LogP contribution in [0.4, 0.5) is 0 Å². The third-order valence-corrected chi connectivity index (χ3v) is 3.09. The van der Waals surface area contributed by atoms with Gasteiger partial charge in [0.1, 0.15) is 6.10 Å². The Morgan fingerprint density at radius 1 is 0.900 bits per heavy atom. The van der Waals surface area contributed by atoms with Crippen molar-refractivity contribution in [3.63, 3.8) is 0 Å². The maximum Gasteiger partial charge on any atom is 0.309 e. The fraction of sp³-hybridized carbons (Fsp3) is 0.875. The Balaban J connectivity index is 3.91. The molecule has 0 aliphatic heterocycles. The molecule has 0 bridgehead atoms. The summed E-state index contributed by atoms with van der Waals surface area (Å²) in [7, 11) is 0. The molecule has 0 fully saturated rings. The maximum atomic E-state index is 11.7. The molecule has 0 aromatic carbocycles. The number of unbranched alkanes of at least 4 members (excludes halogenated alkanes) is 4. The van der Waals surface area contributed by atoms with E-state index < -0.39 is 0 Å². The third kappa shape index (κ3) is 10.8. The van der Waals surface area contributed by atoms with Gasteiger partial charge < -0.3 is 9.47 Å². The van der Waals surface area contributed by atoms with E-state index in [-0.39, 0.29) is 24.5 Å². The van der Waals surface area contributed by atoms with E-state index in [2.05, 4.69) is 6.92 Å². The first-order valence-corrected chi connectivity index (χ1v) is 7.99. The van der Waals surface area contributed by atoms with E-state index in [1.165, 1.54) is 19.3 Å². The quantitative estimate of drug-likeness (QED) is 0.402. The van der Waals surface area contributed by atoms with Gasteiger partial charge >= 0.3 is 11.9 Å². The van der Waals surface area contributed by atoms with Crippen LogP contribution in [-0.4, -0.2) is 24.6 Å². The first-order chi connectivity index (χ1) is 9.63. The van der Waals surface area contributed by atoms with Crippen LogP contribution in [0.15, 0.2) is 0 Å². The Morgan fingerprint density at radius 2 is 1.60 bits per heavy atom. The predicted octanol–water partition coefficient (Wildman–Crippen LogP) is 4.01. The zero-order valence-electron chi connectivity index (χ0n) is 13.3. The van der Waals surface area contributed by atoms with Crippen molar-refractivity contribution in [3.8, 4) is 0 Å². The highest BCUT2D eigenvalue weighted by molar-refractivity contribution is 5.72. The Morgan fingerprint density at radius 3 is 2.20 bits per heavy atom. The zero-order chi connectivity index (χ0) is 15.2. The first-order valence-electron chi connectivity index (χ1n) is 7.99. The summed E-state index contributed by atoms with van der Waals surface area (Å²) < 4.78 is 10.3. The molecule has 0 N–H and O–H groups in total. The van der Waals surface area contributed by atoms with Crippen molar-refractivity contribution in [2.75, 3.05) is 6.61 Å². The molecule has 20 heavy (non-hydrogen) atoms. The molecule has 0 aliphatic carbocycles. The average Bonchev–Trinajstić information content (AvgIpc) is 2.39. The Bertz CT molecular complexity index is 263. The number of hydrogen-bond donors (Lipinski definition) is 0. The first kappa shape index (κ1) is 18.9. The zero-order valence-corrected chi connectivity index (χ0v) is 13.3. The van der Waals surface area contributed by atoms with Crippen LogP contribution in [0.1, 0.15) is 78.6 Å². The number of carbonyl (C=O) groups is 2. The van der Waals surface area contributed by atoms with Crippen molar-refractivity contribution in [1.29, 1.82) is 0 Å². The van der Waals surface area contributed by atoms with Gasteiger partial charge in [0.05, 0.1) is 13.0 Å². The van der Waals surface area contributed by atoms with Gasteiger partial charge in [0.25, 0.3) is 0 Å².